The molecule has 9 heteroatoms. The second kappa shape index (κ2) is 71.7. The molecule has 0 aromatic carbocycles. The van der Waals surface area contributed by atoms with Gasteiger partial charge in [0.05, 0.1) is 25.4 Å². The lowest BCUT2D eigenvalue weighted by atomic mass is 9.99. The maximum Gasteiger partial charge on any atom is 0.220 e. The zero-order chi connectivity index (χ0) is 65.7. The second-order valence-electron chi connectivity index (χ2n) is 29.3. The summed E-state index contributed by atoms with van der Waals surface area (Å²) in [5.74, 6) is -0.132. The highest BCUT2D eigenvalue weighted by atomic mass is 16.7. The van der Waals surface area contributed by atoms with Crippen LogP contribution < -0.4 is 5.32 Å². The summed E-state index contributed by atoms with van der Waals surface area (Å²) in [5.41, 5.74) is 0. The molecule has 7 atom stereocenters. The van der Waals surface area contributed by atoms with E-state index in [0.717, 1.165) is 38.5 Å². The quantitative estimate of drug-likeness (QED) is 0.0261. The minimum absolute atomic E-state index is 0.131. The Labute approximate surface area is 567 Å². The van der Waals surface area contributed by atoms with Crippen LogP contribution in [0.25, 0.3) is 0 Å². The van der Waals surface area contributed by atoms with Gasteiger partial charge in [0.2, 0.25) is 5.91 Å². The summed E-state index contributed by atoms with van der Waals surface area (Å²) >= 11 is 0. The average Bonchev–Trinajstić information content (AvgIpc) is 1.70. The summed E-state index contributed by atoms with van der Waals surface area (Å²) in [6.07, 6.45) is 87.7. The van der Waals surface area contributed by atoms with E-state index in [-0.39, 0.29) is 12.5 Å². The third-order valence-electron chi connectivity index (χ3n) is 20.4. The van der Waals surface area contributed by atoms with E-state index in [9.17, 15) is 30.3 Å². The van der Waals surface area contributed by atoms with Crippen molar-refractivity contribution in [1.82, 2.24) is 5.32 Å². The van der Waals surface area contributed by atoms with E-state index in [1.54, 1.807) is 0 Å². The SMILES string of the molecule is CCCCCCCCCC/C=C\CCCCCCCCCCCCCCCCCCCCCCCCCCCC(=O)NC(COC1OC(CO)C(O)C(O)C1O)C(O)CCCCCCCCCCCCCCCCCCCCCCCCCCCCCCCCC. The fourth-order valence-electron chi connectivity index (χ4n) is 13.9. The minimum atomic E-state index is -1.55. The number of hydrogen-bond acceptors (Lipinski definition) is 8. The second-order valence-corrected chi connectivity index (χ2v) is 29.3. The first-order valence-corrected chi connectivity index (χ1v) is 41.4. The molecule has 6 N–H and O–H groups in total. The average molecular weight is 1290 g/mol. The first kappa shape index (κ1) is 87.9. The lowest BCUT2D eigenvalue weighted by Crippen LogP contribution is -2.60. The van der Waals surface area contributed by atoms with E-state index < -0.39 is 49.5 Å². The van der Waals surface area contributed by atoms with Crippen LogP contribution in [0.2, 0.25) is 0 Å². The van der Waals surface area contributed by atoms with Gasteiger partial charge in [0.25, 0.3) is 0 Å². The van der Waals surface area contributed by atoms with Crippen LogP contribution in [-0.2, 0) is 14.3 Å². The number of amides is 1. The summed E-state index contributed by atoms with van der Waals surface area (Å²) in [6, 6.07) is -0.717. The van der Waals surface area contributed by atoms with Crippen molar-refractivity contribution in [3.05, 3.63) is 12.2 Å². The Kier molecular flexibility index (Phi) is 69.3. The summed E-state index contributed by atoms with van der Waals surface area (Å²) in [6.45, 7) is 3.92. The van der Waals surface area contributed by atoms with Gasteiger partial charge in [-0.15, -0.1) is 0 Å². The molecule has 0 aromatic rings. The van der Waals surface area contributed by atoms with E-state index in [0.29, 0.717) is 12.8 Å². The van der Waals surface area contributed by atoms with E-state index in [1.807, 2.05) is 0 Å². The molecule has 1 saturated heterocycles. The monoisotopic (exact) mass is 1290 g/mol. The van der Waals surface area contributed by atoms with Crippen LogP contribution in [0.5, 0.6) is 0 Å². The van der Waals surface area contributed by atoms with Crippen molar-refractivity contribution in [2.75, 3.05) is 13.2 Å². The number of carbonyl (C=O) groups excluding carboxylic acids is 1. The number of ether oxygens (including phenoxy) is 2. The molecule has 0 spiro atoms. The largest absolute Gasteiger partial charge is 0.394 e. The first-order chi connectivity index (χ1) is 44.8. The molecule has 1 rings (SSSR count). The predicted molar refractivity (Wildman–Crippen MR) is 392 cm³/mol. The van der Waals surface area contributed by atoms with Gasteiger partial charge in [0.1, 0.15) is 24.4 Å². The molecular weight excluding hydrogens is 1130 g/mol. The van der Waals surface area contributed by atoms with Crippen molar-refractivity contribution in [2.24, 2.45) is 0 Å². The molecule has 1 amide bonds. The van der Waals surface area contributed by atoms with Gasteiger partial charge in [0.15, 0.2) is 6.29 Å². The van der Waals surface area contributed by atoms with Crippen molar-refractivity contribution in [3.8, 4) is 0 Å². The Morgan fingerprint density at radius 1 is 0.363 bits per heavy atom. The molecule has 1 aliphatic heterocycles. The Morgan fingerprint density at radius 3 is 0.890 bits per heavy atom. The molecule has 1 fully saturated rings. The fraction of sp³-hybridized carbons (Fsp3) is 0.963. The van der Waals surface area contributed by atoms with Crippen molar-refractivity contribution in [3.63, 3.8) is 0 Å². The third-order valence-corrected chi connectivity index (χ3v) is 20.4. The summed E-state index contributed by atoms with van der Waals surface area (Å²) in [4.78, 5) is 13.2. The van der Waals surface area contributed by atoms with Crippen LogP contribution in [0.1, 0.15) is 450 Å². The molecule has 0 radical (unpaired) electrons. The Morgan fingerprint density at radius 2 is 0.615 bits per heavy atom. The highest BCUT2D eigenvalue weighted by Gasteiger charge is 2.44. The Hall–Kier alpha value is -1.07. The first-order valence-electron chi connectivity index (χ1n) is 41.4. The third kappa shape index (κ3) is 59.9. The number of rotatable bonds is 75. The molecule has 1 heterocycles. The van der Waals surface area contributed by atoms with Crippen LogP contribution >= 0.6 is 0 Å². The zero-order valence-electron chi connectivity index (χ0n) is 61.2. The van der Waals surface area contributed by atoms with Gasteiger partial charge in [-0.05, 0) is 38.5 Å². The fourth-order valence-corrected chi connectivity index (χ4v) is 13.9. The zero-order valence-corrected chi connectivity index (χ0v) is 61.2. The lowest BCUT2D eigenvalue weighted by Gasteiger charge is -2.40. The standard InChI is InChI=1S/C82H161NO8/c1-3-5-7-9-11-13-15-17-19-21-23-25-27-29-31-33-35-36-37-38-39-40-42-44-46-48-50-52-54-56-58-60-62-64-66-68-70-72-78(86)83-75(74-90-82-81(89)80(88)79(87)77(73-84)91-82)76(85)71-69-67-65-63-61-59-57-55-53-51-49-47-45-43-41-34-32-30-28-26-24-22-20-18-16-14-12-10-8-6-4-2/h21,23,75-77,79-82,84-85,87-89H,3-20,22,24-74H2,1-2H3,(H,83,86)/b23-21-. The normalized spacial score (nSPS) is 17.6. The van der Waals surface area contributed by atoms with Crippen LogP contribution in [0.4, 0.5) is 0 Å². The Bertz CT molecular complexity index is 1450. The molecule has 542 valence electrons. The maximum atomic E-state index is 13.2. The van der Waals surface area contributed by atoms with Gasteiger partial charge in [0, 0.05) is 6.42 Å². The number of hydrogen-bond donors (Lipinski definition) is 6. The number of carbonyl (C=O) groups is 1. The van der Waals surface area contributed by atoms with Gasteiger partial charge in [-0.1, -0.05) is 418 Å². The highest BCUT2D eigenvalue weighted by molar-refractivity contribution is 5.76. The summed E-state index contributed by atoms with van der Waals surface area (Å²) in [7, 11) is 0. The summed E-state index contributed by atoms with van der Waals surface area (Å²) in [5, 5.41) is 55.1. The molecule has 0 aromatic heterocycles. The molecule has 0 saturated carbocycles. The van der Waals surface area contributed by atoms with Crippen molar-refractivity contribution in [2.45, 2.75) is 493 Å². The molecule has 1 aliphatic rings. The number of allylic oxidation sites excluding steroid dienone is 2. The predicted octanol–water partition coefficient (Wildman–Crippen LogP) is 23.8. The van der Waals surface area contributed by atoms with Gasteiger partial charge in [-0.3, -0.25) is 4.79 Å². The maximum absolute atomic E-state index is 13.2. The molecular formula is C82H161NO8. The minimum Gasteiger partial charge on any atom is -0.394 e. The van der Waals surface area contributed by atoms with Crippen LogP contribution in [-0.4, -0.2) is 87.5 Å². The van der Waals surface area contributed by atoms with Crippen molar-refractivity contribution < 1.29 is 39.8 Å². The van der Waals surface area contributed by atoms with Gasteiger partial charge in [-0.2, -0.15) is 0 Å². The van der Waals surface area contributed by atoms with E-state index in [2.05, 4.69) is 31.3 Å². The van der Waals surface area contributed by atoms with Gasteiger partial charge in [-0.25, -0.2) is 0 Å². The molecule has 7 unspecified atom stereocenters. The van der Waals surface area contributed by atoms with Crippen molar-refractivity contribution >= 4 is 5.91 Å². The molecule has 0 aliphatic carbocycles. The van der Waals surface area contributed by atoms with Crippen LogP contribution in [0.3, 0.4) is 0 Å². The molecule has 9 nitrogen and oxygen atoms in total. The number of unbranched alkanes of at least 4 members (excludes halogenated alkanes) is 63. The van der Waals surface area contributed by atoms with E-state index in [1.165, 1.54) is 385 Å². The van der Waals surface area contributed by atoms with Gasteiger partial charge >= 0.3 is 0 Å². The molecule has 0 bridgehead atoms. The smallest absolute Gasteiger partial charge is 0.220 e. The number of aliphatic hydroxyl groups is 5. The number of nitrogens with one attached hydrogen (secondary N) is 1. The molecule has 91 heavy (non-hydrogen) atoms. The van der Waals surface area contributed by atoms with E-state index in [4.69, 9.17) is 9.47 Å². The van der Waals surface area contributed by atoms with Crippen molar-refractivity contribution in [1.29, 1.82) is 0 Å². The van der Waals surface area contributed by atoms with E-state index >= 15 is 0 Å². The van der Waals surface area contributed by atoms with Crippen LogP contribution in [0.15, 0.2) is 12.2 Å². The number of aliphatic hydroxyl groups excluding tert-OH is 5. The van der Waals surface area contributed by atoms with Crippen LogP contribution in [0, 0.1) is 0 Å². The lowest BCUT2D eigenvalue weighted by molar-refractivity contribution is -0.302. The topological polar surface area (TPSA) is 149 Å². The Balaban J connectivity index is 2.02. The summed E-state index contributed by atoms with van der Waals surface area (Å²) < 4.78 is 11.4. The van der Waals surface area contributed by atoms with Gasteiger partial charge < -0.3 is 40.3 Å². The highest BCUT2D eigenvalue weighted by Crippen LogP contribution is 2.25.